The molecule has 188 valence electrons. The van der Waals surface area contributed by atoms with E-state index < -0.39 is 0 Å². The van der Waals surface area contributed by atoms with E-state index in [9.17, 15) is 10.2 Å². The van der Waals surface area contributed by atoms with Crippen LogP contribution in [0, 0.1) is 0 Å². The van der Waals surface area contributed by atoms with Gasteiger partial charge in [-0.05, 0) is 48.5 Å². The first-order valence-electron chi connectivity index (χ1n) is 11.1. The third-order valence-corrected chi connectivity index (χ3v) is 4.99. The highest BCUT2D eigenvalue weighted by Crippen LogP contribution is 2.23. The number of phenolic OH excluding ortho intramolecular Hbond substituents is 2. The summed E-state index contributed by atoms with van der Waals surface area (Å²) in [5.74, 6) is 2.26. The topological polar surface area (TPSA) is 146 Å². The Labute approximate surface area is 213 Å². The van der Waals surface area contributed by atoms with Gasteiger partial charge in [0, 0.05) is 22.9 Å². The van der Waals surface area contributed by atoms with Crippen LogP contribution in [0.4, 0.5) is 23.3 Å². The number of nitrogens with zero attached hydrogens (tertiary/aromatic N) is 4. The highest BCUT2D eigenvalue weighted by molar-refractivity contribution is 5.85. The summed E-state index contributed by atoms with van der Waals surface area (Å²) in [4.78, 5) is 8.81. The Bertz CT molecular complexity index is 1330. The average Bonchev–Trinajstić information content (AvgIpc) is 2.91. The Hall–Kier alpha value is -5.32. The van der Waals surface area contributed by atoms with Crippen molar-refractivity contribution in [2.75, 3.05) is 30.4 Å². The molecule has 0 bridgehead atoms. The monoisotopic (exact) mass is 499 g/mol. The fraction of sp³-hybridized carbons (Fsp3) is 0.0769. The van der Waals surface area contributed by atoms with Crippen LogP contribution >= 0.6 is 0 Å². The lowest BCUT2D eigenvalue weighted by Gasteiger charge is -2.09. The summed E-state index contributed by atoms with van der Waals surface area (Å²) in [5, 5.41) is 31.6. The summed E-state index contributed by atoms with van der Waals surface area (Å²) >= 11 is 0. The highest BCUT2D eigenvalue weighted by atomic mass is 16.5. The van der Waals surface area contributed by atoms with Gasteiger partial charge in [0.1, 0.15) is 28.8 Å². The van der Waals surface area contributed by atoms with E-state index in [1.54, 1.807) is 37.4 Å². The first-order chi connectivity index (χ1) is 18.0. The number of aromatic nitrogens is 2. The second-order valence-corrected chi connectivity index (χ2v) is 7.54. The van der Waals surface area contributed by atoms with E-state index in [0.29, 0.717) is 34.3 Å². The molecule has 5 N–H and O–H groups in total. The number of hydrazone groups is 2. The molecule has 0 fully saturated rings. The predicted molar refractivity (Wildman–Crippen MR) is 144 cm³/mol. The zero-order chi connectivity index (χ0) is 26.0. The van der Waals surface area contributed by atoms with E-state index in [4.69, 9.17) is 9.47 Å². The van der Waals surface area contributed by atoms with E-state index >= 15 is 0 Å². The van der Waals surface area contributed by atoms with Crippen molar-refractivity contribution >= 4 is 35.7 Å². The molecule has 0 amide bonds. The lowest BCUT2D eigenvalue weighted by molar-refractivity contribution is 0.412. The van der Waals surface area contributed by atoms with E-state index in [1.807, 2.05) is 30.3 Å². The van der Waals surface area contributed by atoms with Gasteiger partial charge in [0.25, 0.3) is 0 Å². The van der Waals surface area contributed by atoms with E-state index in [2.05, 4.69) is 36.3 Å². The second kappa shape index (κ2) is 11.9. The number of anilines is 4. The summed E-state index contributed by atoms with van der Waals surface area (Å²) in [7, 11) is 3.08. The van der Waals surface area contributed by atoms with Crippen molar-refractivity contribution in [2.24, 2.45) is 10.2 Å². The molecule has 1 aromatic heterocycles. The van der Waals surface area contributed by atoms with Crippen molar-refractivity contribution in [1.29, 1.82) is 0 Å². The van der Waals surface area contributed by atoms with Gasteiger partial charge in [-0.1, -0.05) is 18.2 Å². The minimum atomic E-state index is 0.0456. The van der Waals surface area contributed by atoms with Gasteiger partial charge >= 0.3 is 0 Å². The summed E-state index contributed by atoms with van der Waals surface area (Å²) in [6, 6.07) is 20.8. The molecule has 0 unspecified atom stereocenters. The Morgan fingerprint density at radius 3 is 1.86 bits per heavy atom. The SMILES string of the molecule is COc1ccc(O)c(C=NNc2cc(Nc3ccccc3)nc(NN=Cc3cc(OC)ccc3O)n2)c1. The number of aromatic hydroxyl groups is 2. The van der Waals surface area contributed by atoms with Crippen LogP contribution < -0.4 is 25.6 Å². The van der Waals surface area contributed by atoms with Crippen LogP contribution in [-0.4, -0.2) is 46.8 Å². The average molecular weight is 500 g/mol. The molecular weight excluding hydrogens is 474 g/mol. The number of phenols is 2. The molecule has 0 saturated carbocycles. The maximum Gasteiger partial charge on any atom is 0.247 e. The first-order valence-corrected chi connectivity index (χ1v) is 11.1. The fourth-order valence-corrected chi connectivity index (χ4v) is 3.14. The van der Waals surface area contributed by atoms with Gasteiger partial charge < -0.3 is 25.0 Å². The molecule has 0 aliphatic rings. The quantitative estimate of drug-likeness (QED) is 0.157. The highest BCUT2D eigenvalue weighted by Gasteiger charge is 2.06. The van der Waals surface area contributed by atoms with Gasteiger partial charge in [-0.2, -0.15) is 20.2 Å². The zero-order valence-corrected chi connectivity index (χ0v) is 20.1. The van der Waals surface area contributed by atoms with E-state index in [0.717, 1.165) is 5.69 Å². The molecule has 1 heterocycles. The number of nitrogens with one attached hydrogen (secondary N) is 3. The molecule has 3 aromatic carbocycles. The summed E-state index contributed by atoms with van der Waals surface area (Å²) < 4.78 is 10.4. The molecule has 11 heteroatoms. The Morgan fingerprint density at radius 2 is 1.27 bits per heavy atom. The summed E-state index contributed by atoms with van der Waals surface area (Å²) in [6.45, 7) is 0. The van der Waals surface area contributed by atoms with Crippen LogP contribution in [0.1, 0.15) is 11.1 Å². The molecule has 11 nitrogen and oxygen atoms in total. The molecule has 0 spiro atoms. The summed E-state index contributed by atoms with van der Waals surface area (Å²) in [5.41, 5.74) is 7.34. The van der Waals surface area contributed by atoms with Crippen molar-refractivity contribution in [2.45, 2.75) is 0 Å². The number of rotatable bonds is 10. The van der Waals surface area contributed by atoms with Gasteiger partial charge in [-0.15, -0.1) is 0 Å². The molecule has 0 aliphatic carbocycles. The fourth-order valence-electron chi connectivity index (χ4n) is 3.14. The number of hydrogen-bond acceptors (Lipinski definition) is 11. The van der Waals surface area contributed by atoms with E-state index in [-0.39, 0.29) is 17.4 Å². The lowest BCUT2D eigenvalue weighted by atomic mass is 10.2. The maximum atomic E-state index is 10.1. The minimum absolute atomic E-state index is 0.0456. The number of benzene rings is 3. The Balaban J connectivity index is 1.56. The molecule has 0 saturated heterocycles. The molecule has 0 radical (unpaired) electrons. The van der Waals surface area contributed by atoms with Crippen LogP contribution in [0.15, 0.2) is 83.0 Å². The third-order valence-electron chi connectivity index (χ3n) is 4.99. The number of para-hydroxylation sites is 1. The maximum absolute atomic E-state index is 10.1. The third kappa shape index (κ3) is 6.85. The molecule has 4 rings (SSSR count). The van der Waals surface area contributed by atoms with Crippen molar-refractivity contribution in [3.8, 4) is 23.0 Å². The summed E-state index contributed by atoms with van der Waals surface area (Å²) in [6.07, 6.45) is 2.87. The standard InChI is InChI=1S/C26H25N7O4/c1-36-20-8-10-22(34)17(12-20)15-27-32-25-14-24(29-19-6-4-3-5-7-19)30-26(31-25)33-28-16-18-13-21(37-2)9-11-23(18)35/h3-16,34-35H,1-2H3,(H3,29,30,31,32,33). The normalized spacial score (nSPS) is 11.0. The molecule has 4 aromatic rings. The smallest absolute Gasteiger partial charge is 0.247 e. The van der Waals surface area contributed by atoms with Crippen LogP contribution in [0.3, 0.4) is 0 Å². The van der Waals surface area contributed by atoms with Crippen LogP contribution in [0.25, 0.3) is 0 Å². The first kappa shape index (κ1) is 24.8. The molecule has 37 heavy (non-hydrogen) atoms. The number of methoxy groups -OCH3 is 2. The van der Waals surface area contributed by atoms with Gasteiger partial charge in [0.15, 0.2) is 5.82 Å². The number of ether oxygens (including phenoxy) is 2. The molecule has 0 atom stereocenters. The van der Waals surface area contributed by atoms with Gasteiger partial charge in [0.05, 0.1) is 26.6 Å². The van der Waals surface area contributed by atoms with Crippen LogP contribution in [-0.2, 0) is 0 Å². The zero-order valence-electron chi connectivity index (χ0n) is 20.1. The predicted octanol–water partition coefficient (Wildman–Crippen LogP) is 4.54. The molecular formula is C26H25N7O4. The number of hydrogen-bond donors (Lipinski definition) is 5. The largest absolute Gasteiger partial charge is 0.507 e. The second-order valence-electron chi connectivity index (χ2n) is 7.54. The van der Waals surface area contributed by atoms with Crippen molar-refractivity contribution in [3.63, 3.8) is 0 Å². The van der Waals surface area contributed by atoms with Gasteiger partial charge in [-0.3, -0.25) is 5.43 Å². The van der Waals surface area contributed by atoms with Crippen LogP contribution in [0.5, 0.6) is 23.0 Å². The van der Waals surface area contributed by atoms with Gasteiger partial charge in [0.2, 0.25) is 5.95 Å². The Kier molecular flexibility index (Phi) is 7.97. The lowest BCUT2D eigenvalue weighted by Crippen LogP contribution is -2.04. The minimum Gasteiger partial charge on any atom is -0.507 e. The Morgan fingerprint density at radius 1 is 0.703 bits per heavy atom. The van der Waals surface area contributed by atoms with Gasteiger partial charge in [-0.25, -0.2) is 5.43 Å². The van der Waals surface area contributed by atoms with E-state index in [1.165, 1.54) is 31.7 Å². The van der Waals surface area contributed by atoms with Crippen molar-refractivity contribution in [1.82, 2.24) is 9.97 Å². The van der Waals surface area contributed by atoms with Crippen molar-refractivity contribution in [3.05, 3.63) is 83.9 Å². The van der Waals surface area contributed by atoms with Crippen molar-refractivity contribution < 1.29 is 19.7 Å². The van der Waals surface area contributed by atoms with Crippen LogP contribution in [0.2, 0.25) is 0 Å². The molecule has 0 aliphatic heterocycles.